The Kier molecular flexibility index (Phi) is 4.94. The Morgan fingerprint density at radius 1 is 1.53 bits per heavy atom. The third-order valence-corrected chi connectivity index (χ3v) is 4.24. The van der Waals surface area contributed by atoms with Gasteiger partial charge in [0.15, 0.2) is 4.67 Å². The first-order chi connectivity index (χ1) is 8.27. The second-order valence-corrected chi connectivity index (χ2v) is 5.76. The van der Waals surface area contributed by atoms with Gasteiger partial charge in [-0.1, -0.05) is 0 Å². The van der Waals surface area contributed by atoms with Gasteiger partial charge in [0.2, 0.25) is 0 Å². The minimum Gasteiger partial charge on any atom is -0.457 e. The molecule has 94 valence electrons. The van der Waals surface area contributed by atoms with Crippen molar-refractivity contribution in [3.05, 3.63) is 22.6 Å². The zero-order valence-electron chi connectivity index (χ0n) is 9.45. The third-order valence-electron chi connectivity index (χ3n) is 2.68. The van der Waals surface area contributed by atoms with Crippen molar-refractivity contribution >= 4 is 33.6 Å². The Hall–Kier alpha value is -0.460. The lowest BCUT2D eigenvalue weighted by Gasteiger charge is -2.25. The zero-order chi connectivity index (χ0) is 12.1. The monoisotopic (exact) mass is 318 g/mol. The Balaban J connectivity index is 1.71. The fourth-order valence-electron chi connectivity index (χ4n) is 1.70. The van der Waals surface area contributed by atoms with E-state index in [4.69, 9.17) is 4.42 Å². The first-order valence-corrected chi connectivity index (χ1v) is 7.53. The number of hydrogen-bond donors (Lipinski definition) is 1. The van der Waals surface area contributed by atoms with Gasteiger partial charge in [0, 0.05) is 37.7 Å². The second-order valence-electron chi connectivity index (χ2n) is 3.82. The highest BCUT2D eigenvalue weighted by Crippen LogP contribution is 2.16. The Morgan fingerprint density at radius 3 is 2.94 bits per heavy atom. The van der Waals surface area contributed by atoms with Crippen molar-refractivity contribution in [1.29, 1.82) is 0 Å². The van der Waals surface area contributed by atoms with Gasteiger partial charge in [-0.15, -0.1) is 0 Å². The maximum Gasteiger partial charge on any atom is 0.255 e. The molecule has 0 saturated carbocycles. The molecular formula is C11H15BrN2O2S. The molecule has 1 saturated heterocycles. The summed E-state index contributed by atoms with van der Waals surface area (Å²) in [4.78, 5) is 14.1. The van der Waals surface area contributed by atoms with Crippen molar-refractivity contribution in [2.75, 3.05) is 37.7 Å². The van der Waals surface area contributed by atoms with Crippen LogP contribution in [0.2, 0.25) is 0 Å². The summed E-state index contributed by atoms with van der Waals surface area (Å²) in [6, 6.07) is 1.66. The van der Waals surface area contributed by atoms with E-state index in [1.54, 1.807) is 6.07 Å². The number of rotatable bonds is 4. The van der Waals surface area contributed by atoms with Crippen molar-refractivity contribution in [3.63, 3.8) is 0 Å². The van der Waals surface area contributed by atoms with Crippen LogP contribution in [-0.2, 0) is 0 Å². The van der Waals surface area contributed by atoms with Gasteiger partial charge in [-0.3, -0.25) is 9.69 Å². The van der Waals surface area contributed by atoms with Gasteiger partial charge in [0.05, 0.1) is 11.8 Å². The van der Waals surface area contributed by atoms with E-state index in [1.807, 2.05) is 11.8 Å². The van der Waals surface area contributed by atoms with E-state index >= 15 is 0 Å². The fourth-order valence-corrected chi connectivity index (χ4v) is 3.10. The summed E-state index contributed by atoms with van der Waals surface area (Å²) in [5, 5.41) is 2.90. The molecule has 0 unspecified atom stereocenters. The maximum atomic E-state index is 11.7. The van der Waals surface area contributed by atoms with Crippen LogP contribution < -0.4 is 5.32 Å². The molecule has 1 fully saturated rings. The highest BCUT2D eigenvalue weighted by Gasteiger charge is 2.13. The van der Waals surface area contributed by atoms with Crippen LogP contribution in [0.4, 0.5) is 0 Å². The van der Waals surface area contributed by atoms with E-state index in [1.165, 1.54) is 17.8 Å². The lowest BCUT2D eigenvalue weighted by molar-refractivity contribution is 0.0947. The van der Waals surface area contributed by atoms with E-state index in [2.05, 4.69) is 26.1 Å². The van der Waals surface area contributed by atoms with Gasteiger partial charge in [0.25, 0.3) is 5.91 Å². The summed E-state index contributed by atoms with van der Waals surface area (Å²) < 4.78 is 5.51. The van der Waals surface area contributed by atoms with E-state index in [0.29, 0.717) is 16.8 Å². The molecule has 0 bridgehead atoms. The fraction of sp³-hybridized carbons (Fsp3) is 0.545. The van der Waals surface area contributed by atoms with Gasteiger partial charge < -0.3 is 9.73 Å². The summed E-state index contributed by atoms with van der Waals surface area (Å²) >= 11 is 5.19. The normalized spacial score (nSPS) is 17.0. The Bertz CT molecular complexity index is 377. The number of hydrogen-bond acceptors (Lipinski definition) is 4. The minimum atomic E-state index is -0.0861. The van der Waals surface area contributed by atoms with Gasteiger partial charge >= 0.3 is 0 Å². The quantitative estimate of drug-likeness (QED) is 0.920. The molecule has 1 aliphatic heterocycles. The predicted molar refractivity (Wildman–Crippen MR) is 72.5 cm³/mol. The third kappa shape index (κ3) is 3.76. The number of nitrogens with one attached hydrogen (secondary N) is 1. The summed E-state index contributed by atoms with van der Waals surface area (Å²) in [5.41, 5.74) is 0.555. The topological polar surface area (TPSA) is 45.5 Å². The molecule has 2 rings (SSSR count). The van der Waals surface area contributed by atoms with E-state index in [-0.39, 0.29) is 5.91 Å². The van der Waals surface area contributed by atoms with Gasteiger partial charge in [0.1, 0.15) is 0 Å². The molecule has 1 aromatic rings. The van der Waals surface area contributed by atoms with Crippen molar-refractivity contribution < 1.29 is 9.21 Å². The van der Waals surface area contributed by atoms with Crippen LogP contribution in [0.3, 0.4) is 0 Å². The van der Waals surface area contributed by atoms with Crippen LogP contribution in [0.25, 0.3) is 0 Å². The molecule has 1 aliphatic rings. The van der Waals surface area contributed by atoms with Gasteiger partial charge in [-0.2, -0.15) is 11.8 Å². The lowest BCUT2D eigenvalue weighted by Crippen LogP contribution is -2.39. The number of thioether (sulfide) groups is 1. The van der Waals surface area contributed by atoms with Crippen LogP contribution in [0.15, 0.2) is 21.4 Å². The summed E-state index contributed by atoms with van der Waals surface area (Å²) in [5.74, 6) is 2.31. The number of nitrogens with zero attached hydrogens (tertiary/aromatic N) is 1. The molecule has 1 aromatic heterocycles. The first kappa shape index (κ1) is 13.0. The molecule has 1 amide bonds. The summed E-state index contributed by atoms with van der Waals surface area (Å²) in [6.45, 7) is 3.84. The highest BCUT2D eigenvalue weighted by molar-refractivity contribution is 9.10. The molecule has 0 radical (unpaired) electrons. The maximum absolute atomic E-state index is 11.7. The number of halogens is 1. The van der Waals surface area contributed by atoms with E-state index in [0.717, 1.165) is 19.6 Å². The minimum absolute atomic E-state index is 0.0861. The van der Waals surface area contributed by atoms with Crippen molar-refractivity contribution in [2.24, 2.45) is 0 Å². The van der Waals surface area contributed by atoms with Crippen molar-refractivity contribution in [2.45, 2.75) is 0 Å². The Labute approximate surface area is 113 Å². The zero-order valence-corrected chi connectivity index (χ0v) is 11.8. The Morgan fingerprint density at radius 2 is 2.29 bits per heavy atom. The first-order valence-electron chi connectivity index (χ1n) is 5.58. The number of amides is 1. The molecule has 17 heavy (non-hydrogen) atoms. The predicted octanol–water partition coefficient (Wildman–Crippen LogP) is 1.82. The molecule has 0 aliphatic carbocycles. The lowest BCUT2D eigenvalue weighted by atomic mass is 10.3. The number of furan rings is 1. The number of carbonyl (C=O) groups excluding carboxylic acids is 1. The van der Waals surface area contributed by atoms with E-state index < -0.39 is 0 Å². The summed E-state index contributed by atoms with van der Waals surface area (Å²) in [6.07, 6.45) is 1.50. The molecule has 1 N–H and O–H groups in total. The number of carbonyl (C=O) groups is 1. The molecule has 0 spiro atoms. The van der Waals surface area contributed by atoms with Crippen LogP contribution in [0.1, 0.15) is 10.4 Å². The molecule has 6 heteroatoms. The van der Waals surface area contributed by atoms with Gasteiger partial charge in [-0.05, 0) is 22.0 Å². The molecule has 2 heterocycles. The van der Waals surface area contributed by atoms with Gasteiger partial charge in [-0.25, -0.2) is 0 Å². The largest absolute Gasteiger partial charge is 0.457 e. The highest BCUT2D eigenvalue weighted by atomic mass is 79.9. The molecule has 4 nitrogen and oxygen atoms in total. The van der Waals surface area contributed by atoms with Crippen molar-refractivity contribution in [1.82, 2.24) is 10.2 Å². The molecule has 0 aromatic carbocycles. The van der Waals surface area contributed by atoms with Crippen LogP contribution in [0.5, 0.6) is 0 Å². The van der Waals surface area contributed by atoms with Crippen molar-refractivity contribution in [3.8, 4) is 0 Å². The van der Waals surface area contributed by atoms with E-state index in [9.17, 15) is 4.79 Å². The smallest absolute Gasteiger partial charge is 0.255 e. The average Bonchev–Trinajstić information content (AvgIpc) is 2.77. The second kappa shape index (κ2) is 6.47. The van der Waals surface area contributed by atoms with Crippen LogP contribution >= 0.6 is 27.7 Å². The average molecular weight is 319 g/mol. The molecule has 0 atom stereocenters. The van der Waals surface area contributed by atoms with Crippen LogP contribution in [-0.4, -0.2) is 48.5 Å². The standard InChI is InChI=1S/C11H15BrN2O2S/c12-10-9(1-6-16-10)11(15)13-2-3-14-4-7-17-8-5-14/h1,6H,2-5,7-8H2,(H,13,15). The summed E-state index contributed by atoms with van der Waals surface area (Å²) in [7, 11) is 0. The molecular weight excluding hydrogens is 304 g/mol. The SMILES string of the molecule is O=C(NCCN1CCSCC1)c1ccoc1Br. The van der Waals surface area contributed by atoms with Crippen LogP contribution in [0, 0.1) is 0 Å².